The molecular weight excluding hydrogens is 366 g/mol. The molecule has 2 amide bonds. The molecule has 0 spiro atoms. The van der Waals surface area contributed by atoms with Gasteiger partial charge in [0, 0.05) is 19.1 Å². The third-order valence-corrected chi connectivity index (χ3v) is 6.66. The number of nitrogens with zero attached hydrogens (tertiary/aromatic N) is 3. The first-order valence-corrected chi connectivity index (χ1v) is 11.1. The summed E-state index contributed by atoms with van der Waals surface area (Å²) in [6.45, 7) is 5.77. The molecular formula is C19H25N3O2S2. The fourth-order valence-corrected chi connectivity index (χ4v) is 5.12. The molecule has 5 nitrogen and oxygen atoms in total. The smallest absolute Gasteiger partial charge is 0.258 e. The summed E-state index contributed by atoms with van der Waals surface area (Å²) < 4.78 is 3.19. The largest absolute Gasteiger partial charge is 0.339 e. The molecule has 7 heteroatoms. The van der Waals surface area contributed by atoms with Crippen molar-refractivity contribution < 1.29 is 9.59 Å². The summed E-state index contributed by atoms with van der Waals surface area (Å²) in [7, 11) is 0. The van der Waals surface area contributed by atoms with Crippen LogP contribution in [0.4, 0.5) is 0 Å². The third-order valence-electron chi connectivity index (χ3n) is 4.70. The van der Waals surface area contributed by atoms with E-state index in [1.165, 1.54) is 29.5 Å². The average Bonchev–Trinajstić information content (AvgIpc) is 2.98. The molecule has 1 saturated heterocycles. The lowest BCUT2D eigenvalue weighted by molar-refractivity contribution is -0.131. The summed E-state index contributed by atoms with van der Waals surface area (Å²) in [6.07, 6.45) is 3.35. The van der Waals surface area contributed by atoms with Crippen LogP contribution in [0.3, 0.4) is 0 Å². The van der Waals surface area contributed by atoms with Crippen LogP contribution in [0.25, 0.3) is 10.2 Å². The minimum Gasteiger partial charge on any atom is -0.339 e. The van der Waals surface area contributed by atoms with Crippen LogP contribution in [0.1, 0.15) is 33.1 Å². The van der Waals surface area contributed by atoms with Gasteiger partial charge in [-0.2, -0.15) is 4.99 Å². The van der Waals surface area contributed by atoms with Gasteiger partial charge in [-0.25, -0.2) is 0 Å². The number of thioether (sulfide) groups is 1. The minimum atomic E-state index is -0.178. The van der Waals surface area contributed by atoms with Crippen LogP contribution < -0.4 is 4.80 Å². The molecule has 0 N–H and O–H groups in total. The zero-order chi connectivity index (χ0) is 18.5. The van der Waals surface area contributed by atoms with E-state index in [1.54, 1.807) is 0 Å². The summed E-state index contributed by atoms with van der Waals surface area (Å²) in [5.41, 5.74) is 1.11. The van der Waals surface area contributed by atoms with Crippen molar-refractivity contribution in [3.63, 3.8) is 0 Å². The van der Waals surface area contributed by atoms with Crippen molar-refractivity contribution >= 4 is 45.1 Å². The number of para-hydroxylation sites is 1. The van der Waals surface area contributed by atoms with Gasteiger partial charge in [-0.15, -0.1) is 11.8 Å². The number of piperidine rings is 1. The van der Waals surface area contributed by atoms with Gasteiger partial charge in [0.15, 0.2) is 4.80 Å². The first kappa shape index (κ1) is 19.2. The predicted octanol–water partition coefficient (Wildman–Crippen LogP) is 3.28. The highest BCUT2D eigenvalue weighted by Gasteiger charge is 2.22. The predicted molar refractivity (Wildman–Crippen MR) is 108 cm³/mol. The molecule has 1 aliphatic rings. The van der Waals surface area contributed by atoms with Gasteiger partial charge in [0.1, 0.15) is 0 Å². The molecule has 1 aromatic carbocycles. The van der Waals surface area contributed by atoms with E-state index >= 15 is 0 Å². The average molecular weight is 392 g/mol. The summed E-state index contributed by atoms with van der Waals surface area (Å²) >= 11 is 2.90. The lowest BCUT2D eigenvalue weighted by Crippen LogP contribution is -2.43. The topological polar surface area (TPSA) is 54.7 Å². The van der Waals surface area contributed by atoms with Crippen LogP contribution in [0.2, 0.25) is 0 Å². The number of hydrogen-bond acceptors (Lipinski definition) is 4. The maximum absolute atomic E-state index is 12.3. The highest BCUT2D eigenvalue weighted by Crippen LogP contribution is 2.18. The Morgan fingerprint density at radius 2 is 2.08 bits per heavy atom. The number of carbonyl (C=O) groups excluding carboxylic acids is 2. The maximum Gasteiger partial charge on any atom is 0.258 e. The number of hydrogen-bond donors (Lipinski definition) is 0. The van der Waals surface area contributed by atoms with Crippen LogP contribution in [0.15, 0.2) is 29.3 Å². The molecule has 2 heterocycles. The van der Waals surface area contributed by atoms with Crippen LogP contribution in [-0.4, -0.2) is 45.4 Å². The van der Waals surface area contributed by atoms with Crippen molar-refractivity contribution in [3.8, 4) is 0 Å². The lowest BCUT2D eigenvalue weighted by atomic mass is 10.0. The Balaban J connectivity index is 1.60. The molecule has 0 radical (unpaired) electrons. The van der Waals surface area contributed by atoms with Crippen molar-refractivity contribution in [2.45, 2.75) is 45.7 Å². The molecule has 140 valence electrons. The van der Waals surface area contributed by atoms with E-state index in [4.69, 9.17) is 0 Å². The molecule has 26 heavy (non-hydrogen) atoms. The van der Waals surface area contributed by atoms with E-state index in [0.717, 1.165) is 40.9 Å². The van der Waals surface area contributed by atoms with E-state index in [9.17, 15) is 9.59 Å². The first-order valence-electron chi connectivity index (χ1n) is 9.13. The van der Waals surface area contributed by atoms with Crippen molar-refractivity contribution in [3.05, 3.63) is 29.1 Å². The molecule has 2 aromatic rings. The van der Waals surface area contributed by atoms with Crippen molar-refractivity contribution in [2.75, 3.05) is 18.1 Å². The first-order chi connectivity index (χ1) is 12.6. The van der Waals surface area contributed by atoms with E-state index in [-0.39, 0.29) is 17.6 Å². The van der Waals surface area contributed by atoms with Crippen LogP contribution >= 0.6 is 23.1 Å². The molecule has 1 aliphatic heterocycles. The van der Waals surface area contributed by atoms with E-state index < -0.39 is 0 Å². The summed E-state index contributed by atoms with van der Waals surface area (Å²) in [5, 5.41) is 0. The number of fused-ring (bicyclic) bond motifs is 1. The monoisotopic (exact) mass is 391 g/mol. The molecule has 3 rings (SSSR count). The fourth-order valence-electron chi connectivity index (χ4n) is 3.33. The zero-order valence-electron chi connectivity index (χ0n) is 15.3. The van der Waals surface area contributed by atoms with Gasteiger partial charge in [0.25, 0.3) is 5.91 Å². The molecule has 0 saturated carbocycles. The van der Waals surface area contributed by atoms with Crippen molar-refractivity contribution in [1.82, 2.24) is 9.47 Å². The normalized spacial score (nSPS) is 18.5. The molecule has 1 unspecified atom stereocenters. The molecule has 0 bridgehead atoms. The van der Waals surface area contributed by atoms with E-state index in [0.29, 0.717) is 11.8 Å². The Morgan fingerprint density at radius 3 is 2.85 bits per heavy atom. The number of aryl methyl sites for hydroxylation is 1. The Hall–Kier alpha value is -1.60. The zero-order valence-corrected chi connectivity index (χ0v) is 16.9. The van der Waals surface area contributed by atoms with Crippen molar-refractivity contribution in [2.24, 2.45) is 4.99 Å². The number of thiazole rings is 1. The quantitative estimate of drug-likeness (QED) is 0.786. The second kappa shape index (κ2) is 8.86. The van der Waals surface area contributed by atoms with Crippen molar-refractivity contribution in [1.29, 1.82) is 0 Å². The fraction of sp³-hybridized carbons (Fsp3) is 0.526. The number of benzene rings is 1. The second-order valence-corrected chi connectivity index (χ2v) is 8.52. The summed E-state index contributed by atoms with van der Waals surface area (Å²) in [5.74, 6) is 0.557. The second-order valence-electron chi connectivity index (χ2n) is 6.53. The Kier molecular flexibility index (Phi) is 6.53. The number of likely N-dealkylation sites (tertiary alicyclic amines) is 1. The van der Waals surface area contributed by atoms with Gasteiger partial charge in [-0.1, -0.05) is 23.5 Å². The molecule has 1 atom stereocenters. The third kappa shape index (κ3) is 4.38. The number of aromatic nitrogens is 1. The van der Waals surface area contributed by atoms with Gasteiger partial charge in [0.2, 0.25) is 5.91 Å². The standard InChI is InChI=1S/C19H25N3O2S2/c1-3-21-15-9-4-5-10-16(15)26-19(21)20-17(23)12-25-13-18(24)22-11-7-6-8-14(22)2/h4-5,9-10,14H,3,6-8,11-13H2,1-2H3. The van der Waals surface area contributed by atoms with Crippen LogP contribution in [-0.2, 0) is 16.1 Å². The summed E-state index contributed by atoms with van der Waals surface area (Å²) in [4.78, 5) is 31.6. The highest BCUT2D eigenvalue weighted by molar-refractivity contribution is 8.00. The van der Waals surface area contributed by atoms with Gasteiger partial charge < -0.3 is 9.47 Å². The summed E-state index contributed by atoms with van der Waals surface area (Å²) in [6, 6.07) is 8.40. The van der Waals surface area contributed by atoms with Gasteiger partial charge in [0.05, 0.1) is 21.7 Å². The van der Waals surface area contributed by atoms with Gasteiger partial charge in [-0.05, 0) is 45.2 Å². The van der Waals surface area contributed by atoms with E-state index in [2.05, 4.69) is 23.4 Å². The number of amides is 2. The minimum absolute atomic E-state index is 0.139. The SMILES string of the molecule is CCn1c(=NC(=O)CSCC(=O)N2CCCCC2C)sc2ccccc21. The Labute approximate surface area is 162 Å². The maximum atomic E-state index is 12.3. The van der Waals surface area contributed by atoms with Crippen LogP contribution in [0.5, 0.6) is 0 Å². The molecule has 0 aliphatic carbocycles. The van der Waals surface area contributed by atoms with Gasteiger partial charge >= 0.3 is 0 Å². The lowest BCUT2D eigenvalue weighted by Gasteiger charge is -2.33. The number of rotatable bonds is 5. The Bertz CT molecular complexity index is 856. The van der Waals surface area contributed by atoms with E-state index in [1.807, 2.05) is 29.2 Å². The number of carbonyl (C=O) groups is 2. The van der Waals surface area contributed by atoms with Crippen LogP contribution in [0, 0.1) is 0 Å². The molecule has 1 aromatic heterocycles. The molecule has 1 fully saturated rings. The Morgan fingerprint density at radius 1 is 1.27 bits per heavy atom. The van der Waals surface area contributed by atoms with Gasteiger partial charge in [-0.3, -0.25) is 9.59 Å². The highest BCUT2D eigenvalue weighted by atomic mass is 32.2.